The van der Waals surface area contributed by atoms with E-state index in [1.165, 1.54) is 12.8 Å². The van der Waals surface area contributed by atoms with Crippen LogP contribution in [0.3, 0.4) is 0 Å². The SMILES string of the molecule is O=C(Cn1ccnc1Cl)NC1CCCC1. The fourth-order valence-corrected chi connectivity index (χ4v) is 2.10. The van der Waals surface area contributed by atoms with Crippen LogP contribution in [0.5, 0.6) is 0 Å². The van der Waals surface area contributed by atoms with Crippen LogP contribution < -0.4 is 5.32 Å². The minimum atomic E-state index is 0.0156. The van der Waals surface area contributed by atoms with Crippen molar-refractivity contribution in [2.24, 2.45) is 0 Å². The first-order valence-electron chi connectivity index (χ1n) is 5.22. The van der Waals surface area contributed by atoms with Crippen molar-refractivity contribution >= 4 is 17.5 Å². The van der Waals surface area contributed by atoms with Crippen molar-refractivity contribution in [3.05, 3.63) is 17.7 Å². The molecule has 1 saturated carbocycles. The molecule has 0 radical (unpaired) electrons. The van der Waals surface area contributed by atoms with Crippen molar-refractivity contribution in [2.45, 2.75) is 38.3 Å². The monoisotopic (exact) mass is 227 g/mol. The van der Waals surface area contributed by atoms with E-state index in [-0.39, 0.29) is 12.5 Å². The summed E-state index contributed by atoms with van der Waals surface area (Å²) >= 11 is 5.77. The summed E-state index contributed by atoms with van der Waals surface area (Å²) in [7, 11) is 0. The van der Waals surface area contributed by atoms with Gasteiger partial charge in [0, 0.05) is 18.4 Å². The maximum atomic E-state index is 11.6. The standard InChI is InChI=1S/C10H14ClN3O/c11-10-12-5-6-14(10)7-9(15)13-8-3-1-2-4-8/h5-6,8H,1-4,7H2,(H,13,15). The van der Waals surface area contributed by atoms with Crippen LogP contribution >= 0.6 is 11.6 Å². The van der Waals surface area contributed by atoms with Gasteiger partial charge in [0.2, 0.25) is 11.2 Å². The number of imidazole rings is 1. The van der Waals surface area contributed by atoms with Gasteiger partial charge in [-0.05, 0) is 24.4 Å². The average Bonchev–Trinajstić information content (AvgIpc) is 2.79. The van der Waals surface area contributed by atoms with Gasteiger partial charge >= 0.3 is 0 Å². The van der Waals surface area contributed by atoms with Gasteiger partial charge in [0.1, 0.15) is 6.54 Å². The zero-order valence-electron chi connectivity index (χ0n) is 8.45. The summed E-state index contributed by atoms with van der Waals surface area (Å²) in [5.74, 6) is 0.0156. The van der Waals surface area contributed by atoms with Gasteiger partial charge < -0.3 is 9.88 Å². The highest BCUT2D eigenvalue weighted by Crippen LogP contribution is 2.17. The van der Waals surface area contributed by atoms with Crippen molar-refractivity contribution in [3.63, 3.8) is 0 Å². The minimum Gasteiger partial charge on any atom is -0.352 e. The second-order valence-electron chi connectivity index (χ2n) is 3.87. The second-order valence-corrected chi connectivity index (χ2v) is 4.21. The smallest absolute Gasteiger partial charge is 0.240 e. The summed E-state index contributed by atoms with van der Waals surface area (Å²) in [6, 6.07) is 0.361. The second kappa shape index (κ2) is 4.66. The van der Waals surface area contributed by atoms with Gasteiger partial charge in [-0.25, -0.2) is 4.98 Å². The molecule has 0 aliphatic heterocycles. The van der Waals surface area contributed by atoms with Crippen LogP contribution in [0.15, 0.2) is 12.4 Å². The number of amides is 1. The van der Waals surface area contributed by atoms with Crippen LogP contribution in [0, 0.1) is 0 Å². The van der Waals surface area contributed by atoms with E-state index in [0.29, 0.717) is 11.3 Å². The van der Waals surface area contributed by atoms with Gasteiger partial charge in [0.25, 0.3) is 0 Å². The molecule has 1 aromatic rings. The molecule has 5 heteroatoms. The molecular formula is C10H14ClN3O. The number of hydrogen-bond acceptors (Lipinski definition) is 2. The Kier molecular flexibility index (Phi) is 3.26. The highest BCUT2D eigenvalue weighted by atomic mass is 35.5. The summed E-state index contributed by atoms with van der Waals surface area (Å²) in [6.45, 7) is 0.259. The number of nitrogens with zero attached hydrogens (tertiary/aromatic N) is 2. The Bertz CT molecular complexity index is 344. The van der Waals surface area contributed by atoms with Crippen LogP contribution in [-0.4, -0.2) is 21.5 Å². The molecular weight excluding hydrogens is 214 g/mol. The first-order chi connectivity index (χ1) is 7.25. The molecule has 0 atom stereocenters. The molecule has 1 amide bonds. The summed E-state index contributed by atoms with van der Waals surface area (Å²) in [5, 5.41) is 3.36. The predicted molar refractivity (Wildman–Crippen MR) is 57.6 cm³/mol. The molecule has 1 N–H and O–H groups in total. The van der Waals surface area contributed by atoms with E-state index in [2.05, 4.69) is 10.3 Å². The highest BCUT2D eigenvalue weighted by Gasteiger charge is 2.17. The molecule has 0 spiro atoms. The van der Waals surface area contributed by atoms with Crippen molar-refractivity contribution in [1.82, 2.24) is 14.9 Å². The Hall–Kier alpha value is -1.03. The highest BCUT2D eigenvalue weighted by molar-refractivity contribution is 6.28. The Balaban J connectivity index is 1.84. The van der Waals surface area contributed by atoms with E-state index in [9.17, 15) is 4.79 Å². The van der Waals surface area contributed by atoms with Gasteiger partial charge in [-0.2, -0.15) is 0 Å². The normalized spacial score (nSPS) is 16.9. The number of hydrogen-bond donors (Lipinski definition) is 1. The van der Waals surface area contributed by atoms with Crippen LogP contribution in [0.4, 0.5) is 0 Å². The molecule has 15 heavy (non-hydrogen) atoms. The predicted octanol–water partition coefficient (Wildman–Crippen LogP) is 1.60. The number of carbonyl (C=O) groups is 1. The minimum absolute atomic E-state index is 0.0156. The largest absolute Gasteiger partial charge is 0.352 e. The zero-order valence-corrected chi connectivity index (χ0v) is 9.20. The van der Waals surface area contributed by atoms with Crippen LogP contribution in [-0.2, 0) is 11.3 Å². The number of rotatable bonds is 3. The molecule has 0 saturated heterocycles. The van der Waals surface area contributed by atoms with Gasteiger partial charge in [-0.15, -0.1) is 0 Å². The summed E-state index contributed by atoms with van der Waals surface area (Å²) < 4.78 is 1.63. The molecule has 0 unspecified atom stereocenters. The van der Waals surface area contributed by atoms with Crippen LogP contribution in [0.2, 0.25) is 5.28 Å². The van der Waals surface area contributed by atoms with Crippen LogP contribution in [0.1, 0.15) is 25.7 Å². The molecule has 1 heterocycles. The quantitative estimate of drug-likeness (QED) is 0.853. The maximum absolute atomic E-state index is 11.6. The zero-order chi connectivity index (χ0) is 10.7. The van der Waals surface area contributed by atoms with Gasteiger partial charge in [-0.3, -0.25) is 4.79 Å². The van der Waals surface area contributed by atoms with Crippen molar-refractivity contribution in [1.29, 1.82) is 0 Å². The number of carbonyl (C=O) groups excluding carboxylic acids is 1. The molecule has 1 aliphatic carbocycles. The van der Waals surface area contributed by atoms with E-state index in [1.54, 1.807) is 17.0 Å². The lowest BCUT2D eigenvalue weighted by Gasteiger charge is -2.12. The Morgan fingerprint density at radius 2 is 2.33 bits per heavy atom. The van der Waals surface area contributed by atoms with Gasteiger partial charge in [-0.1, -0.05) is 12.8 Å². The van der Waals surface area contributed by atoms with E-state index in [1.807, 2.05) is 0 Å². The third-order valence-electron chi connectivity index (χ3n) is 2.70. The molecule has 1 aliphatic rings. The van der Waals surface area contributed by atoms with Crippen LogP contribution in [0.25, 0.3) is 0 Å². The van der Waals surface area contributed by atoms with E-state index in [0.717, 1.165) is 12.8 Å². The summed E-state index contributed by atoms with van der Waals surface area (Å²) in [6.07, 6.45) is 7.93. The Morgan fingerprint density at radius 3 is 2.93 bits per heavy atom. The summed E-state index contributed by atoms with van der Waals surface area (Å²) in [4.78, 5) is 15.5. The Labute approximate surface area is 93.6 Å². The lowest BCUT2D eigenvalue weighted by molar-refractivity contribution is -0.122. The lowest BCUT2D eigenvalue weighted by Crippen LogP contribution is -2.35. The maximum Gasteiger partial charge on any atom is 0.240 e. The molecule has 0 bridgehead atoms. The molecule has 0 aromatic carbocycles. The molecule has 1 aromatic heterocycles. The van der Waals surface area contributed by atoms with Crippen molar-refractivity contribution in [3.8, 4) is 0 Å². The first kappa shape index (κ1) is 10.5. The number of aromatic nitrogens is 2. The topological polar surface area (TPSA) is 46.9 Å². The third-order valence-corrected chi connectivity index (χ3v) is 3.01. The van der Waals surface area contributed by atoms with Gasteiger partial charge in [0.15, 0.2) is 0 Å². The Morgan fingerprint density at radius 1 is 1.60 bits per heavy atom. The number of nitrogens with one attached hydrogen (secondary N) is 1. The van der Waals surface area contributed by atoms with E-state index < -0.39 is 0 Å². The van der Waals surface area contributed by atoms with Crippen molar-refractivity contribution < 1.29 is 4.79 Å². The van der Waals surface area contributed by atoms with Crippen molar-refractivity contribution in [2.75, 3.05) is 0 Å². The lowest BCUT2D eigenvalue weighted by atomic mass is 10.2. The fraction of sp³-hybridized carbons (Fsp3) is 0.600. The number of halogens is 1. The molecule has 4 nitrogen and oxygen atoms in total. The third kappa shape index (κ3) is 2.72. The fourth-order valence-electron chi connectivity index (χ4n) is 1.93. The average molecular weight is 228 g/mol. The van der Waals surface area contributed by atoms with E-state index >= 15 is 0 Å². The van der Waals surface area contributed by atoms with E-state index in [4.69, 9.17) is 11.6 Å². The molecule has 1 fully saturated rings. The molecule has 2 rings (SSSR count). The first-order valence-corrected chi connectivity index (χ1v) is 5.59. The molecule has 82 valence electrons. The van der Waals surface area contributed by atoms with Gasteiger partial charge in [0.05, 0.1) is 0 Å². The summed E-state index contributed by atoms with van der Waals surface area (Å²) in [5.41, 5.74) is 0.